The van der Waals surface area contributed by atoms with Crippen molar-refractivity contribution < 1.29 is 8.42 Å². The monoisotopic (exact) mass is 482 g/mol. The van der Waals surface area contributed by atoms with E-state index in [2.05, 4.69) is 46.4 Å². The minimum Gasteiger partial charge on any atom is -0.341 e. The summed E-state index contributed by atoms with van der Waals surface area (Å²) in [6, 6.07) is 15.9. The summed E-state index contributed by atoms with van der Waals surface area (Å²) >= 11 is 0. The van der Waals surface area contributed by atoms with E-state index in [-0.39, 0.29) is 17.3 Å². The molecular weight excluding hydrogens is 456 g/mol. The van der Waals surface area contributed by atoms with Crippen LogP contribution in [0.1, 0.15) is 23.1 Å². The van der Waals surface area contributed by atoms with E-state index in [0.717, 1.165) is 36.0 Å². The number of hydrogen-bond acceptors (Lipinski definition) is 5. The second-order valence-electron chi connectivity index (χ2n) is 8.26. The first-order chi connectivity index (χ1) is 15.5. The Morgan fingerprint density at radius 2 is 1.97 bits per heavy atom. The van der Waals surface area contributed by atoms with Crippen molar-refractivity contribution in [1.29, 1.82) is 0 Å². The average Bonchev–Trinajstić information content (AvgIpc) is 3.18. The lowest BCUT2D eigenvalue weighted by Gasteiger charge is -2.31. The molecule has 0 aliphatic carbocycles. The molecule has 0 unspecified atom stereocenters. The molecule has 4 aromatic rings. The van der Waals surface area contributed by atoms with E-state index in [0.29, 0.717) is 12.1 Å². The number of nitrogens with one attached hydrogen (secondary N) is 1. The van der Waals surface area contributed by atoms with Crippen molar-refractivity contribution >= 4 is 44.7 Å². The first-order valence-corrected chi connectivity index (χ1v) is 12.2. The molecule has 1 aliphatic heterocycles. The largest absolute Gasteiger partial charge is 0.341 e. The summed E-state index contributed by atoms with van der Waals surface area (Å²) in [5, 5.41) is 4.07. The molecule has 0 fully saturated rings. The molecule has 5 rings (SSSR count). The number of aromatic nitrogens is 2. The highest BCUT2D eigenvalue weighted by atomic mass is 35.5. The first-order valence-electron chi connectivity index (χ1n) is 10.8. The third-order valence-electron chi connectivity index (χ3n) is 6.06. The lowest BCUT2D eigenvalue weighted by molar-refractivity contribution is 0.588. The van der Waals surface area contributed by atoms with Gasteiger partial charge < -0.3 is 10.2 Å². The number of anilines is 2. The maximum atomic E-state index is 13.5. The third-order valence-corrected chi connectivity index (χ3v) is 7.72. The molecule has 0 radical (unpaired) electrons. The molecule has 1 aliphatic rings. The molecule has 172 valence electrons. The van der Waals surface area contributed by atoms with Gasteiger partial charge in [-0.15, -0.1) is 12.4 Å². The summed E-state index contributed by atoms with van der Waals surface area (Å²) in [6.45, 7) is 3.60. The summed E-state index contributed by atoms with van der Waals surface area (Å²) in [4.78, 5) is 6.48. The van der Waals surface area contributed by atoms with Gasteiger partial charge in [0, 0.05) is 48.4 Å². The molecule has 0 spiro atoms. The summed E-state index contributed by atoms with van der Waals surface area (Å²) in [6.07, 6.45) is 6.82. The second kappa shape index (κ2) is 9.17. The van der Waals surface area contributed by atoms with Crippen LogP contribution >= 0.6 is 12.4 Å². The van der Waals surface area contributed by atoms with E-state index >= 15 is 0 Å². The summed E-state index contributed by atoms with van der Waals surface area (Å²) in [7, 11) is -1.91. The number of pyridine rings is 1. The van der Waals surface area contributed by atoms with Crippen molar-refractivity contribution in [3.05, 3.63) is 83.8 Å². The molecule has 2 aromatic carbocycles. The molecule has 3 heterocycles. The van der Waals surface area contributed by atoms with Crippen LogP contribution < -0.4 is 10.2 Å². The molecular formula is C25H27ClN4O2S. The lowest BCUT2D eigenvalue weighted by Crippen LogP contribution is -2.24. The first kappa shape index (κ1) is 23.3. The normalized spacial score (nSPS) is 13.6. The van der Waals surface area contributed by atoms with Crippen molar-refractivity contribution in [3.63, 3.8) is 0 Å². The van der Waals surface area contributed by atoms with E-state index in [4.69, 9.17) is 0 Å². The maximum Gasteiger partial charge on any atom is 0.269 e. The fourth-order valence-electron chi connectivity index (χ4n) is 4.56. The Kier molecular flexibility index (Phi) is 6.47. The lowest BCUT2D eigenvalue weighted by atomic mass is 9.99. The summed E-state index contributed by atoms with van der Waals surface area (Å²) in [5.74, 6) is 0. The van der Waals surface area contributed by atoms with Crippen LogP contribution in [0.25, 0.3) is 10.9 Å². The summed E-state index contributed by atoms with van der Waals surface area (Å²) < 4.78 is 28.4. The zero-order valence-corrected chi connectivity index (χ0v) is 20.3. The highest BCUT2D eigenvalue weighted by Crippen LogP contribution is 2.37. The molecule has 1 N–H and O–H groups in total. The molecule has 2 aromatic heterocycles. The molecule has 6 nitrogen and oxygen atoms in total. The molecule has 0 bridgehead atoms. The van der Waals surface area contributed by atoms with Crippen molar-refractivity contribution in [2.45, 2.75) is 31.2 Å². The molecule has 33 heavy (non-hydrogen) atoms. The van der Waals surface area contributed by atoms with E-state index in [1.807, 2.05) is 19.2 Å². The zero-order chi connectivity index (χ0) is 22.3. The highest BCUT2D eigenvalue weighted by molar-refractivity contribution is 7.90. The van der Waals surface area contributed by atoms with Gasteiger partial charge in [-0.25, -0.2) is 12.4 Å². The quantitative estimate of drug-likeness (QED) is 0.442. The highest BCUT2D eigenvalue weighted by Gasteiger charge is 2.24. The third kappa shape index (κ3) is 4.12. The SMILES string of the molecule is CNCc1cn(S(=O)(=O)c2cccnc2)c2cc(N3CCCc4cc(C)ccc43)ccc12.Cl. The minimum atomic E-state index is -3.77. The Morgan fingerprint density at radius 1 is 1.12 bits per heavy atom. The standard InChI is InChI=1S/C25H26N4O2S.ClH/c1-18-7-10-24-19(13-18)5-4-12-28(24)21-8-9-23-20(15-26-2)17-29(25(23)14-21)32(30,31)22-6-3-11-27-16-22;/h3,6-11,13-14,16-17,26H,4-5,12,15H2,1-2H3;1H. The fourth-order valence-corrected chi connectivity index (χ4v) is 5.91. The van der Waals surface area contributed by atoms with Crippen LogP contribution in [0.2, 0.25) is 0 Å². The maximum absolute atomic E-state index is 13.5. The van der Waals surface area contributed by atoms with Crippen LogP contribution in [0.4, 0.5) is 11.4 Å². The van der Waals surface area contributed by atoms with Gasteiger partial charge in [-0.3, -0.25) is 4.98 Å². The number of hydrogen-bond donors (Lipinski definition) is 1. The van der Waals surface area contributed by atoms with Gasteiger partial charge >= 0.3 is 0 Å². The van der Waals surface area contributed by atoms with Gasteiger partial charge in [-0.2, -0.15) is 0 Å². The predicted molar refractivity (Wildman–Crippen MR) is 135 cm³/mol. The number of aryl methyl sites for hydroxylation is 2. The Labute approximate surface area is 200 Å². The van der Waals surface area contributed by atoms with Gasteiger partial charge in [0.1, 0.15) is 4.90 Å². The van der Waals surface area contributed by atoms with Gasteiger partial charge in [-0.05, 0) is 68.3 Å². The van der Waals surface area contributed by atoms with Crippen LogP contribution in [0.5, 0.6) is 0 Å². The molecule has 0 saturated heterocycles. The fraction of sp³-hybridized carbons (Fsp3) is 0.240. The van der Waals surface area contributed by atoms with E-state index in [1.165, 1.54) is 27.0 Å². The number of rotatable bonds is 5. The zero-order valence-electron chi connectivity index (χ0n) is 18.7. The smallest absolute Gasteiger partial charge is 0.269 e. The minimum absolute atomic E-state index is 0. The number of benzene rings is 2. The van der Waals surface area contributed by atoms with Crippen LogP contribution in [0, 0.1) is 6.92 Å². The van der Waals surface area contributed by atoms with Gasteiger partial charge in [0.25, 0.3) is 10.0 Å². The van der Waals surface area contributed by atoms with E-state index in [9.17, 15) is 8.42 Å². The van der Waals surface area contributed by atoms with Crippen molar-refractivity contribution in [2.24, 2.45) is 0 Å². The second-order valence-corrected chi connectivity index (χ2v) is 10.1. The van der Waals surface area contributed by atoms with Gasteiger partial charge in [0.2, 0.25) is 0 Å². The number of fused-ring (bicyclic) bond motifs is 2. The topological polar surface area (TPSA) is 67.2 Å². The van der Waals surface area contributed by atoms with Gasteiger partial charge in [0.05, 0.1) is 5.52 Å². The Morgan fingerprint density at radius 3 is 2.73 bits per heavy atom. The van der Waals surface area contributed by atoms with Crippen LogP contribution in [0.15, 0.2) is 72.0 Å². The number of halogens is 1. The molecule has 0 atom stereocenters. The van der Waals surface area contributed by atoms with E-state index in [1.54, 1.807) is 24.5 Å². The van der Waals surface area contributed by atoms with Gasteiger partial charge in [0.15, 0.2) is 0 Å². The van der Waals surface area contributed by atoms with Crippen LogP contribution in [-0.2, 0) is 23.0 Å². The van der Waals surface area contributed by atoms with Crippen molar-refractivity contribution in [3.8, 4) is 0 Å². The summed E-state index contributed by atoms with van der Waals surface area (Å²) in [5.41, 5.74) is 6.41. The Hall–Kier alpha value is -2.87. The van der Waals surface area contributed by atoms with Crippen LogP contribution in [-0.4, -0.2) is 31.0 Å². The van der Waals surface area contributed by atoms with Crippen LogP contribution in [0.3, 0.4) is 0 Å². The van der Waals surface area contributed by atoms with Crippen molar-refractivity contribution in [2.75, 3.05) is 18.5 Å². The van der Waals surface area contributed by atoms with Crippen molar-refractivity contribution in [1.82, 2.24) is 14.3 Å². The average molecular weight is 483 g/mol. The molecule has 8 heteroatoms. The Balaban J connectivity index is 0.00000259. The predicted octanol–water partition coefficient (Wildman–Crippen LogP) is 4.81. The molecule has 0 saturated carbocycles. The number of nitrogens with zero attached hydrogens (tertiary/aromatic N) is 3. The van der Waals surface area contributed by atoms with E-state index < -0.39 is 10.0 Å². The Bertz CT molecular complexity index is 1400. The van der Waals surface area contributed by atoms with Gasteiger partial charge in [-0.1, -0.05) is 23.8 Å². The molecule has 0 amide bonds.